The van der Waals surface area contributed by atoms with Gasteiger partial charge in [-0.05, 0) is 57.8 Å². The summed E-state index contributed by atoms with van der Waals surface area (Å²) >= 11 is 0. The summed E-state index contributed by atoms with van der Waals surface area (Å²) in [5, 5.41) is 18.6. The van der Waals surface area contributed by atoms with Gasteiger partial charge >= 0.3 is 6.03 Å². The summed E-state index contributed by atoms with van der Waals surface area (Å²) in [4.78, 5) is 45.2. The molecule has 1 N–H and O–H groups in total. The Morgan fingerprint density at radius 1 is 1.00 bits per heavy atom. The molecule has 4 aromatic carbocycles. The summed E-state index contributed by atoms with van der Waals surface area (Å²) < 4.78 is 10.7. The maximum Gasteiger partial charge on any atom is 0.333 e. The lowest BCUT2D eigenvalue weighted by Gasteiger charge is -2.46. The number of benzene rings is 4. The lowest BCUT2D eigenvalue weighted by atomic mass is 9.98. The van der Waals surface area contributed by atoms with E-state index in [0.29, 0.717) is 12.3 Å². The van der Waals surface area contributed by atoms with Crippen LogP contribution in [0.3, 0.4) is 0 Å². The number of nitriles is 1. The van der Waals surface area contributed by atoms with Gasteiger partial charge < -0.3 is 24.3 Å². The minimum atomic E-state index is -0.813. The number of urea groups is 1. The fourth-order valence-corrected chi connectivity index (χ4v) is 6.75. The van der Waals surface area contributed by atoms with Crippen molar-refractivity contribution in [3.63, 3.8) is 0 Å². The van der Waals surface area contributed by atoms with E-state index < -0.39 is 18.2 Å². The molecule has 2 saturated heterocycles. The fraction of sp³-hybridized carbons (Fsp3) is 0.243. The number of hydrogen-bond donors (Lipinski definition) is 1. The first-order chi connectivity index (χ1) is 23.4. The molecule has 0 bridgehead atoms. The van der Waals surface area contributed by atoms with E-state index in [1.807, 2.05) is 78.9 Å². The van der Waals surface area contributed by atoms with Gasteiger partial charge in [-0.25, -0.2) is 9.80 Å². The van der Waals surface area contributed by atoms with Crippen molar-refractivity contribution >= 4 is 39.6 Å². The number of amides is 4. The fourth-order valence-electron chi connectivity index (χ4n) is 6.75. The van der Waals surface area contributed by atoms with Gasteiger partial charge in [0.1, 0.15) is 30.1 Å². The lowest BCUT2D eigenvalue weighted by Crippen LogP contribution is -2.66. The predicted molar refractivity (Wildman–Crippen MR) is 178 cm³/mol. The monoisotopic (exact) mass is 642 g/mol. The standard InChI is InChI=1S/C37H34N6O5/c1-47-30-12-9-25(10-13-30)21-39-37(46)41(17-16-38)42-24-35(44)43-32(20-26-11-14-33-28(19-26)15-18-48-33)36(45)40(23-34(42)43)22-29-7-4-6-27-5-2-3-8-31(27)29/h2-15,18-19,32,34H,17,20-24H2,1H3,(H,39,46)/t32-,34+/m0/s1. The van der Waals surface area contributed by atoms with Gasteiger partial charge in [-0.1, -0.05) is 60.7 Å². The maximum absolute atomic E-state index is 14.4. The van der Waals surface area contributed by atoms with Crippen LogP contribution >= 0.6 is 0 Å². The minimum Gasteiger partial charge on any atom is -0.497 e. The van der Waals surface area contributed by atoms with E-state index in [2.05, 4.69) is 11.4 Å². The predicted octanol–water partition coefficient (Wildman–Crippen LogP) is 4.67. The zero-order chi connectivity index (χ0) is 33.2. The van der Waals surface area contributed by atoms with E-state index in [4.69, 9.17) is 9.15 Å². The zero-order valence-corrected chi connectivity index (χ0v) is 26.4. The van der Waals surface area contributed by atoms with E-state index in [1.54, 1.807) is 40.3 Å². The Balaban J connectivity index is 1.20. The van der Waals surface area contributed by atoms with Crippen molar-refractivity contribution < 1.29 is 23.5 Å². The van der Waals surface area contributed by atoms with Gasteiger partial charge in [-0.2, -0.15) is 10.3 Å². The van der Waals surface area contributed by atoms with Gasteiger partial charge in [0.15, 0.2) is 0 Å². The second kappa shape index (κ2) is 13.1. The molecule has 0 radical (unpaired) electrons. The van der Waals surface area contributed by atoms with Crippen LogP contribution in [0.5, 0.6) is 5.75 Å². The van der Waals surface area contributed by atoms with Gasteiger partial charge in [0.05, 0.1) is 32.5 Å². The number of methoxy groups -OCH3 is 1. The highest BCUT2D eigenvalue weighted by Gasteiger charge is 2.52. The molecule has 2 fully saturated rings. The quantitative estimate of drug-likeness (QED) is 0.232. The first-order valence-corrected chi connectivity index (χ1v) is 15.8. The highest BCUT2D eigenvalue weighted by atomic mass is 16.5. The highest BCUT2D eigenvalue weighted by molar-refractivity contribution is 5.93. The van der Waals surface area contributed by atoms with Crippen LogP contribution in [0.2, 0.25) is 0 Å². The number of carbonyl (C=O) groups excluding carboxylic acids is 3. The lowest BCUT2D eigenvalue weighted by molar-refractivity contribution is -0.157. The van der Waals surface area contributed by atoms with Gasteiger partial charge in [0, 0.05) is 24.9 Å². The summed E-state index contributed by atoms with van der Waals surface area (Å²) in [6, 6.07) is 29.7. The molecular formula is C37H34N6O5. The van der Waals surface area contributed by atoms with E-state index in [-0.39, 0.29) is 44.4 Å². The van der Waals surface area contributed by atoms with Crippen molar-refractivity contribution in [1.29, 1.82) is 5.26 Å². The van der Waals surface area contributed by atoms with Gasteiger partial charge in [0.2, 0.25) is 11.8 Å². The Morgan fingerprint density at radius 2 is 1.79 bits per heavy atom. The molecule has 4 amide bonds. The Labute approximate surface area is 277 Å². The molecule has 1 aromatic heterocycles. The third-order valence-electron chi connectivity index (χ3n) is 9.12. The minimum absolute atomic E-state index is 0.144. The number of fused-ring (bicyclic) bond motifs is 3. The third kappa shape index (κ3) is 5.89. The van der Waals surface area contributed by atoms with E-state index >= 15 is 0 Å². The van der Waals surface area contributed by atoms with E-state index in [9.17, 15) is 19.6 Å². The largest absolute Gasteiger partial charge is 0.497 e. The molecule has 11 nitrogen and oxygen atoms in total. The second-order valence-electron chi connectivity index (χ2n) is 12.0. The molecule has 3 heterocycles. The van der Waals surface area contributed by atoms with Gasteiger partial charge in [-0.15, -0.1) is 0 Å². The first kappa shape index (κ1) is 30.8. The number of carbonyl (C=O) groups is 3. The zero-order valence-electron chi connectivity index (χ0n) is 26.4. The van der Waals surface area contributed by atoms with Gasteiger partial charge in [-0.3, -0.25) is 9.59 Å². The topological polar surface area (TPSA) is 122 Å². The van der Waals surface area contributed by atoms with Crippen LogP contribution in [-0.4, -0.2) is 76.6 Å². The number of hydrazine groups is 1. The molecule has 0 unspecified atom stereocenters. The molecule has 11 heteroatoms. The number of nitrogens with one attached hydrogen (secondary N) is 1. The summed E-state index contributed by atoms with van der Waals surface area (Å²) in [5.74, 6) is 0.252. The van der Waals surface area contributed by atoms with Crippen LogP contribution in [0.1, 0.15) is 16.7 Å². The third-order valence-corrected chi connectivity index (χ3v) is 9.12. The molecule has 48 heavy (non-hydrogen) atoms. The summed E-state index contributed by atoms with van der Waals surface area (Å²) in [6.07, 6.45) is 1.24. The molecule has 7 rings (SSSR count). The highest BCUT2D eigenvalue weighted by Crippen LogP contribution is 2.32. The molecule has 242 valence electrons. The average Bonchev–Trinajstić information content (AvgIpc) is 3.71. The van der Waals surface area contributed by atoms with Crippen molar-refractivity contribution in [3.05, 3.63) is 114 Å². The smallest absolute Gasteiger partial charge is 0.333 e. The second-order valence-corrected chi connectivity index (χ2v) is 12.0. The average molecular weight is 643 g/mol. The Kier molecular flexibility index (Phi) is 8.40. The van der Waals surface area contributed by atoms with Crippen molar-refractivity contribution in [1.82, 2.24) is 25.1 Å². The van der Waals surface area contributed by atoms with Gasteiger partial charge in [0.25, 0.3) is 0 Å². The number of piperazine rings is 1. The van der Waals surface area contributed by atoms with E-state index in [0.717, 1.165) is 38.4 Å². The van der Waals surface area contributed by atoms with Crippen LogP contribution in [0.15, 0.2) is 102 Å². The first-order valence-electron chi connectivity index (χ1n) is 15.8. The summed E-state index contributed by atoms with van der Waals surface area (Å²) in [5.41, 5.74) is 3.44. The van der Waals surface area contributed by atoms with Crippen LogP contribution in [0.4, 0.5) is 4.79 Å². The normalized spacial score (nSPS) is 17.8. The van der Waals surface area contributed by atoms with Crippen LogP contribution in [0, 0.1) is 11.3 Å². The van der Waals surface area contributed by atoms with Crippen molar-refractivity contribution in [2.75, 3.05) is 26.7 Å². The molecule has 0 spiro atoms. The molecule has 2 atom stereocenters. The number of hydrogen-bond acceptors (Lipinski definition) is 7. The maximum atomic E-state index is 14.4. The van der Waals surface area contributed by atoms with E-state index in [1.165, 1.54) is 5.01 Å². The molecular weight excluding hydrogens is 608 g/mol. The van der Waals surface area contributed by atoms with Crippen molar-refractivity contribution in [2.24, 2.45) is 0 Å². The number of ether oxygens (including phenoxy) is 1. The van der Waals surface area contributed by atoms with Crippen molar-refractivity contribution in [2.45, 2.75) is 31.7 Å². The molecule has 5 aromatic rings. The Hall–Kier alpha value is -5.86. The van der Waals surface area contributed by atoms with Crippen LogP contribution < -0.4 is 10.1 Å². The molecule has 0 saturated carbocycles. The Morgan fingerprint density at radius 3 is 2.60 bits per heavy atom. The number of rotatable bonds is 9. The summed E-state index contributed by atoms with van der Waals surface area (Å²) in [7, 11) is 1.59. The molecule has 2 aliphatic heterocycles. The van der Waals surface area contributed by atoms with Crippen molar-refractivity contribution in [3.8, 4) is 11.8 Å². The number of furan rings is 1. The van der Waals surface area contributed by atoms with Crippen LogP contribution in [-0.2, 0) is 29.1 Å². The molecule has 0 aliphatic carbocycles. The number of nitrogens with zero attached hydrogens (tertiary/aromatic N) is 5. The van der Waals surface area contributed by atoms with Crippen LogP contribution in [0.25, 0.3) is 21.7 Å². The summed E-state index contributed by atoms with van der Waals surface area (Å²) in [6.45, 7) is 0.288. The SMILES string of the molecule is COc1ccc(CNC(=O)N(CC#N)N2CC(=O)N3[C@@H](Cc4ccc5occc5c4)C(=O)N(Cc4cccc5ccccc45)C[C@@H]32)cc1. The molecule has 2 aliphatic rings. The Bertz CT molecular complexity index is 2030.